The first kappa shape index (κ1) is 26.5. The van der Waals surface area contributed by atoms with Gasteiger partial charge in [0, 0.05) is 25.1 Å². The monoisotopic (exact) mass is 583 g/mol. The van der Waals surface area contributed by atoms with Gasteiger partial charge in [0.1, 0.15) is 5.75 Å². The minimum absolute atomic E-state index is 0.0378. The van der Waals surface area contributed by atoms with Gasteiger partial charge >= 0.3 is 0 Å². The molecule has 4 amide bonds. The van der Waals surface area contributed by atoms with E-state index < -0.39 is 62.0 Å². The Morgan fingerprint density at radius 3 is 2.30 bits per heavy atom. The molecule has 2 aliphatic carbocycles. The third-order valence-corrected chi connectivity index (χ3v) is 10.3. The van der Waals surface area contributed by atoms with Crippen molar-refractivity contribution in [3.63, 3.8) is 0 Å². The number of nitro groups is 1. The molecular formula is C28H23Cl2N3O7. The summed E-state index contributed by atoms with van der Waals surface area (Å²) in [4.78, 5) is 63.2. The quantitative estimate of drug-likeness (QED) is 0.190. The maximum Gasteiger partial charge on any atom is 0.269 e. The highest BCUT2D eigenvalue weighted by Crippen LogP contribution is 2.65. The van der Waals surface area contributed by atoms with Crippen LogP contribution < -0.4 is 4.90 Å². The molecule has 2 heterocycles. The van der Waals surface area contributed by atoms with E-state index in [2.05, 4.69) is 0 Å². The Kier molecular flexibility index (Phi) is 5.70. The van der Waals surface area contributed by atoms with Gasteiger partial charge in [0.15, 0.2) is 9.75 Å². The van der Waals surface area contributed by atoms with Crippen molar-refractivity contribution in [2.45, 2.75) is 35.4 Å². The van der Waals surface area contributed by atoms with Crippen molar-refractivity contribution < 1.29 is 29.2 Å². The number of phenolic OH excluding ortho intramolecular Hbond substituents is 1. The molecule has 4 aliphatic rings. The predicted molar refractivity (Wildman–Crippen MR) is 144 cm³/mol. The Hall–Kier alpha value is -3.76. The van der Waals surface area contributed by atoms with Crippen molar-refractivity contribution in [3.8, 4) is 5.75 Å². The van der Waals surface area contributed by atoms with Gasteiger partial charge in [-0.2, -0.15) is 0 Å². The number of fused-ring (bicyclic) bond motifs is 4. The van der Waals surface area contributed by atoms with Crippen molar-refractivity contribution in [1.82, 2.24) is 4.90 Å². The van der Waals surface area contributed by atoms with Crippen LogP contribution >= 0.6 is 23.2 Å². The molecule has 0 aromatic heterocycles. The molecule has 2 saturated heterocycles. The summed E-state index contributed by atoms with van der Waals surface area (Å²) in [6.45, 7) is 1.69. The van der Waals surface area contributed by atoms with Gasteiger partial charge in [-0.3, -0.25) is 39.1 Å². The first-order valence-corrected chi connectivity index (χ1v) is 13.4. The van der Waals surface area contributed by atoms with Crippen LogP contribution in [0.3, 0.4) is 0 Å². The predicted octanol–water partition coefficient (Wildman–Crippen LogP) is 3.80. The van der Waals surface area contributed by atoms with E-state index in [9.17, 15) is 34.4 Å². The molecular weight excluding hydrogens is 561 g/mol. The number of rotatable bonds is 3. The largest absolute Gasteiger partial charge is 0.508 e. The number of carbonyl (C=O) groups excluding carboxylic acids is 4. The fourth-order valence-electron chi connectivity index (χ4n) is 6.95. The molecule has 2 aromatic carbocycles. The minimum Gasteiger partial charge on any atom is -0.508 e. The Balaban J connectivity index is 1.48. The second-order valence-electron chi connectivity index (χ2n) is 10.8. The molecule has 1 N–H and O–H groups in total. The van der Waals surface area contributed by atoms with Gasteiger partial charge in [-0.25, -0.2) is 0 Å². The molecule has 6 rings (SSSR count). The summed E-state index contributed by atoms with van der Waals surface area (Å²) in [6.07, 6.45) is 1.87. The Morgan fingerprint density at radius 1 is 1.00 bits per heavy atom. The van der Waals surface area contributed by atoms with Gasteiger partial charge in [-0.05, 0) is 55.0 Å². The molecule has 2 aliphatic heterocycles. The van der Waals surface area contributed by atoms with Gasteiger partial charge in [-0.1, -0.05) is 23.8 Å². The second-order valence-corrected chi connectivity index (χ2v) is 12.1. The summed E-state index contributed by atoms with van der Waals surface area (Å²) < 4.78 is 0. The summed E-state index contributed by atoms with van der Waals surface area (Å²) in [5.74, 6) is -5.49. The number of phenols is 1. The summed E-state index contributed by atoms with van der Waals surface area (Å²) >= 11 is 14.2. The molecule has 206 valence electrons. The molecule has 0 bridgehead atoms. The molecule has 2 aromatic rings. The number of nitrogens with zero attached hydrogens (tertiary/aromatic N) is 3. The lowest BCUT2D eigenvalue weighted by Gasteiger charge is -2.50. The van der Waals surface area contributed by atoms with Crippen LogP contribution in [0.5, 0.6) is 5.75 Å². The highest BCUT2D eigenvalue weighted by Gasteiger charge is 2.75. The number of aryl methyl sites for hydroxylation is 1. The fourth-order valence-corrected chi connectivity index (χ4v) is 7.97. The maximum atomic E-state index is 13.9. The molecule has 6 unspecified atom stereocenters. The van der Waals surface area contributed by atoms with E-state index in [1.807, 2.05) is 6.08 Å². The van der Waals surface area contributed by atoms with Crippen molar-refractivity contribution in [1.29, 1.82) is 0 Å². The lowest BCUT2D eigenvalue weighted by atomic mass is 9.56. The molecule has 40 heavy (non-hydrogen) atoms. The zero-order chi connectivity index (χ0) is 28.9. The summed E-state index contributed by atoms with van der Waals surface area (Å²) in [5, 5.41) is 21.2. The van der Waals surface area contributed by atoms with Crippen LogP contribution in [-0.2, 0) is 19.2 Å². The molecule has 0 radical (unpaired) electrons. The zero-order valence-corrected chi connectivity index (χ0v) is 22.8. The summed E-state index contributed by atoms with van der Waals surface area (Å²) in [5.41, 5.74) is 1.73. The second kappa shape index (κ2) is 8.62. The smallest absolute Gasteiger partial charge is 0.269 e. The normalized spacial score (nSPS) is 33.0. The van der Waals surface area contributed by atoms with Crippen molar-refractivity contribution in [3.05, 3.63) is 75.4 Å². The maximum absolute atomic E-state index is 13.9. The Morgan fingerprint density at radius 2 is 1.68 bits per heavy atom. The highest BCUT2D eigenvalue weighted by atomic mass is 35.5. The van der Waals surface area contributed by atoms with Gasteiger partial charge in [0.25, 0.3) is 17.5 Å². The number of imide groups is 2. The number of anilines is 1. The lowest BCUT2D eigenvalue weighted by molar-refractivity contribution is -0.384. The number of benzene rings is 2. The molecule has 3 fully saturated rings. The first-order chi connectivity index (χ1) is 18.8. The average Bonchev–Trinajstić information content (AvgIpc) is 3.25. The van der Waals surface area contributed by atoms with Crippen LogP contribution in [0, 0.1) is 34.8 Å². The third kappa shape index (κ3) is 3.23. The highest BCUT2D eigenvalue weighted by molar-refractivity contribution is 6.53. The van der Waals surface area contributed by atoms with E-state index in [4.69, 9.17) is 23.2 Å². The first-order valence-electron chi connectivity index (χ1n) is 12.6. The Labute approximate surface area is 238 Å². The number of alkyl halides is 2. The summed E-state index contributed by atoms with van der Waals surface area (Å²) in [7, 11) is 1.32. The van der Waals surface area contributed by atoms with E-state index >= 15 is 0 Å². The van der Waals surface area contributed by atoms with E-state index in [0.29, 0.717) is 16.7 Å². The van der Waals surface area contributed by atoms with Crippen LogP contribution in [0.25, 0.3) is 0 Å². The number of halogens is 2. The van der Waals surface area contributed by atoms with E-state index in [1.165, 1.54) is 37.4 Å². The number of allylic oxidation sites excluding steroid dienone is 2. The molecule has 6 atom stereocenters. The van der Waals surface area contributed by atoms with Gasteiger partial charge < -0.3 is 5.11 Å². The van der Waals surface area contributed by atoms with E-state index in [1.54, 1.807) is 19.1 Å². The molecule has 10 nitrogen and oxygen atoms in total. The number of carbonyl (C=O) groups is 4. The lowest BCUT2D eigenvalue weighted by Crippen LogP contribution is -2.60. The van der Waals surface area contributed by atoms with E-state index in [-0.39, 0.29) is 30.0 Å². The molecule has 0 spiro atoms. The van der Waals surface area contributed by atoms with Crippen LogP contribution in [0.4, 0.5) is 11.4 Å². The van der Waals surface area contributed by atoms with E-state index in [0.717, 1.165) is 9.80 Å². The third-order valence-electron chi connectivity index (χ3n) is 8.89. The number of hydrogen-bond donors (Lipinski definition) is 1. The summed E-state index contributed by atoms with van der Waals surface area (Å²) in [6, 6.07) is 9.91. The number of non-ortho nitro benzene ring substituents is 1. The van der Waals surface area contributed by atoms with Crippen LogP contribution in [0.15, 0.2) is 54.1 Å². The van der Waals surface area contributed by atoms with Gasteiger partial charge in [0.2, 0.25) is 11.8 Å². The SMILES string of the molecule is Cc1cc(C2C3=CCC4C(=O)N(c5ccc([N+](=O)[O-])cc5)C(=O)C4C3CC3(Cl)C(=O)N(C)C(=O)C23Cl)ccc1O. The fraction of sp³-hybridized carbons (Fsp3) is 0.357. The van der Waals surface area contributed by atoms with Crippen molar-refractivity contribution in [2.75, 3.05) is 11.9 Å². The van der Waals surface area contributed by atoms with Crippen LogP contribution in [-0.4, -0.2) is 55.4 Å². The number of aromatic hydroxyl groups is 1. The van der Waals surface area contributed by atoms with Gasteiger partial charge in [-0.15, -0.1) is 23.2 Å². The topological polar surface area (TPSA) is 138 Å². The van der Waals surface area contributed by atoms with Crippen molar-refractivity contribution in [2.24, 2.45) is 17.8 Å². The zero-order valence-electron chi connectivity index (χ0n) is 21.3. The van der Waals surface area contributed by atoms with Crippen LogP contribution in [0.2, 0.25) is 0 Å². The number of hydrogen-bond acceptors (Lipinski definition) is 7. The number of nitro benzene ring substituents is 1. The number of amides is 4. The average molecular weight is 584 g/mol. The van der Waals surface area contributed by atoms with Gasteiger partial charge in [0.05, 0.1) is 22.4 Å². The van der Waals surface area contributed by atoms with Crippen LogP contribution in [0.1, 0.15) is 29.9 Å². The Bertz CT molecular complexity index is 1570. The van der Waals surface area contributed by atoms with Crippen molar-refractivity contribution >= 4 is 58.2 Å². The standard InChI is InChI=1S/C28H23Cl2N3O7/c1-13-11-14(3-10-20(13)34)22-17-8-9-18-21(19(17)12-27(29)25(37)31(2)26(38)28(22,27)30)24(36)32(23(18)35)15-4-6-16(7-5-15)33(39)40/h3-8,10-11,18-19,21-22,34H,9,12H2,1-2H3. The number of likely N-dealkylation sites (tertiary alicyclic amines) is 1. The molecule has 1 saturated carbocycles. The molecule has 12 heteroatoms. The minimum atomic E-state index is -1.90.